The van der Waals surface area contributed by atoms with E-state index in [1.807, 2.05) is 6.92 Å². The van der Waals surface area contributed by atoms with E-state index in [-0.39, 0.29) is 12.2 Å². The van der Waals surface area contributed by atoms with Crippen LogP contribution in [0.1, 0.15) is 11.1 Å². The number of hydrogen-bond acceptors (Lipinski definition) is 4. The van der Waals surface area contributed by atoms with Crippen molar-refractivity contribution in [3.8, 4) is 0 Å². The Kier molecular flexibility index (Phi) is 2.66. The van der Waals surface area contributed by atoms with Crippen LogP contribution in [0.3, 0.4) is 0 Å². The summed E-state index contributed by atoms with van der Waals surface area (Å²) < 4.78 is 5.09. The summed E-state index contributed by atoms with van der Waals surface area (Å²) in [5.74, 6) is 0. The lowest BCUT2D eigenvalue weighted by atomic mass is 10.0. The molecular weight excluding hydrogens is 206 g/mol. The van der Waals surface area contributed by atoms with Crippen LogP contribution < -0.4 is 11.4 Å². The summed E-state index contributed by atoms with van der Waals surface area (Å²) in [6.07, 6.45) is 0.456. The van der Waals surface area contributed by atoms with Gasteiger partial charge < -0.3 is 15.3 Å². The number of aliphatic hydroxyl groups is 1. The minimum Gasteiger partial charge on any atom is -0.423 e. The van der Waals surface area contributed by atoms with Gasteiger partial charge in [0.2, 0.25) is 0 Å². The number of hydrogen-bond donors (Lipinski definition) is 2. The predicted molar refractivity (Wildman–Crippen MR) is 62.4 cm³/mol. The molecule has 0 amide bonds. The average molecular weight is 219 g/mol. The van der Waals surface area contributed by atoms with Gasteiger partial charge in [-0.2, -0.15) is 0 Å². The van der Waals surface area contributed by atoms with Gasteiger partial charge in [0.1, 0.15) is 5.58 Å². The van der Waals surface area contributed by atoms with Crippen molar-refractivity contribution in [2.45, 2.75) is 13.3 Å². The molecule has 0 atom stereocenters. The molecule has 0 unspecified atom stereocenters. The van der Waals surface area contributed by atoms with Gasteiger partial charge in [-0.1, -0.05) is 0 Å². The molecular formula is C12H13NO3. The van der Waals surface area contributed by atoms with Gasteiger partial charge in [-0.25, -0.2) is 4.79 Å². The molecule has 1 aromatic heterocycles. The molecule has 0 radical (unpaired) electrons. The first-order chi connectivity index (χ1) is 7.63. The maximum Gasteiger partial charge on any atom is 0.336 e. The van der Waals surface area contributed by atoms with E-state index in [9.17, 15) is 4.79 Å². The van der Waals surface area contributed by atoms with Crippen LogP contribution in [0.15, 0.2) is 27.4 Å². The molecule has 16 heavy (non-hydrogen) atoms. The first-order valence-electron chi connectivity index (χ1n) is 5.06. The van der Waals surface area contributed by atoms with Gasteiger partial charge in [0.05, 0.1) is 0 Å². The van der Waals surface area contributed by atoms with Crippen LogP contribution in [0.25, 0.3) is 11.0 Å². The van der Waals surface area contributed by atoms with Crippen molar-refractivity contribution in [3.63, 3.8) is 0 Å². The van der Waals surface area contributed by atoms with Crippen molar-refractivity contribution < 1.29 is 9.52 Å². The average Bonchev–Trinajstić information content (AvgIpc) is 2.22. The largest absolute Gasteiger partial charge is 0.423 e. The predicted octanol–water partition coefficient (Wildman–Crippen LogP) is 1.22. The van der Waals surface area contributed by atoms with Crippen LogP contribution in [0, 0.1) is 6.92 Å². The number of anilines is 1. The zero-order valence-electron chi connectivity index (χ0n) is 8.99. The molecule has 0 spiro atoms. The lowest BCUT2D eigenvalue weighted by molar-refractivity contribution is 0.300. The Morgan fingerprint density at radius 2 is 2.19 bits per heavy atom. The second kappa shape index (κ2) is 3.98. The molecule has 2 rings (SSSR count). The first kappa shape index (κ1) is 10.7. The zero-order valence-corrected chi connectivity index (χ0v) is 8.99. The van der Waals surface area contributed by atoms with Gasteiger partial charge in [0, 0.05) is 23.7 Å². The Hall–Kier alpha value is -1.81. The Labute approximate surface area is 92.3 Å². The number of fused-ring (bicyclic) bond motifs is 1. The highest BCUT2D eigenvalue weighted by atomic mass is 16.4. The molecule has 84 valence electrons. The fourth-order valence-electron chi connectivity index (χ4n) is 1.93. The summed E-state index contributed by atoms with van der Waals surface area (Å²) in [6, 6.07) is 4.80. The number of aliphatic hydroxyl groups excluding tert-OH is 1. The SMILES string of the molecule is Cc1cc(=O)oc2ccc(N)c(CCO)c12. The molecule has 3 N–H and O–H groups in total. The summed E-state index contributed by atoms with van der Waals surface area (Å²) in [6.45, 7) is 1.85. The summed E-state index contributed by atoms with van der Waals surface area (Å²) >= 11 is 0. The van der Waals surface area contributed by atoms with Crippen LogP contribution in [0.4, 0.5) is 5.69 Å². The van der Waals surface area contributed by atoms with Crippen molar-refractivity contribution in [2.24, 2.45) is 0 Å². The van der Waals surface area contributed by atoms with Gasteiger partial charge in [-0.05, 0) is 36.6 Å². The lowest BCUT2D eigenvalue weighted by Gasteiger charge is -2.09. The van der Waals surface area contributed by atoms with E-state index in [4.69, 9.17) is 15.3 Å². The molecule has 1 aromatic carbocycles. The summed E-state index contributed by atoms with van der Waals surface area (Å²) in [7, 11) is 0. The van der Waals surface area contributed by atoms with E-state index in [2.05, 4.69) is 0 Å². The molecule has 0 saturated heterocycles. The first-order valence-corrected chi connectivity index (χ1v) is 5.06. The zero-order chi connectivity index (χ0) is 11.7. The number of nitrogen functional groups attached to an aromatic ring is 1. The Morgan fingerprint density at radius 3 is 2.88 bits per heavy atom. The molecule has 0 aliphatic heterocycles. The van der Waals surface area contributed by atoms with Gasteiger partial charge in [0.15, 0.2) is 0 Å². The number of benzene rings is 1. The highest BCUT2D eigenvalue weighted by molar-refractivity contribution is 5.88. The topological polar surface area (TPSA) is 76.5 Å². The molecule has 0 bridgehead atoms. The molecule has 2 aromatic rings. The van der Waals surface area contributed by atoms with Crippen molar-refractivity contribution in [3.05, 3.63) is 39.7 Å². The van der Waals surface area contributed by atoms with E-state index < -0.39 is 0 Å². The smallest absolute Gasteiger partial charge is 0.336 e. The highest BCUT2D eigenvalue weighted by Gasteiger charge is 2.10. The molecule has 0 aliphatic carbocycles. The summed E-state index contributed by atoms with van der Waals surface area (Å²) in [5.41, 5.74) is 8.26. The Bertz CT molecular complexity index is 587. The summed E-state index contributed by atoms with van der Waals surface area (Å²) in [4.78, 5) is 11.2. The lowest BCUT2D eigenvalue weighted by Crippen LogP contribution is -2.03. The van der Waals surface area contributed by atoms with Crippen LogP contribution in [-0.2, 0) is 6.42 Å². The van der Waals surface area contributed by atoms with Crippen molar-refractivity contribution in [1.82, 2.24) is 0 Å². The molecule has 0 saturated carbocycles. The van der Waals surface area contributed by atoms with Crippen molar-refractivity contribution in [2.75, 3.05) is 12.3 Å². The monoisotopic (exact) mass is 219 g/mol. The Morgan fingerprint density at radius 1 is 1.44 bits per heavy atom. The third-order valence-corrected chi connectivity index (χ3v) is 2.61. The van der Waals surface area contributed by atoms with Crippen LogP contribution in [-0.4, -0.2) is 11.7 Å². The van der Waals surface area contributed by atoms with E-state index >= 15 is 0 Å². The van der Waals surface area contributed by atoms with E-state index in [0.717, 1.165) is 16.5 Å². The second-order valence-corrected chi connectivity index (χ2v) is 3.73. The van der Waals surface area contributed by atoms with Gasteiger partial charge in [0.25, 0.3) is 0 Å². The fourth-order valence-corrected chi connectivity index (χ4v) is 1.93. The number of rotatable bonds is 2. The second-order valence-electron chi connectivity index (χ2n) is 3.73. The quantitative estimate of drug-likeness (QED) is 0.588. The summed E-state index contributed by atoms with van der Waals surface area (Å²) in [5, 5.41) is 9.83. The van der Waals surface area contributed by atoms with Crippen LogP contribution in [0.2, 0.25) is 0 Å². The van der Waals surface area contributed by atoms with Crippen LogP contribution >= 0.6 is 0 Å². The maximum atomic E-state index is 11.2. The molecule has 0 fully saturated rings. The van der Waals surface area contributed by atoms with Crippen LogP contribution in [0.5, 0.6) is 0 Å². The fraction of sp³-hybridized carbons (Fsp3) is 0.250. The number of nitrogens with two attached hydrogens (primary N) is 1. The normalized spacial score (nSPS) is 10.9. The molecule has 1 heterocycles. The van der Waals surface area contributed by atoms with Crippen molar-refractivity contribution in [1.29, 1.82) is 0 Å². The molecule has 4 heteroatoms. The van der Waals surface area contributed by atoms with Gasteiger partial charge in [-0.15, -0.1) is 0 Å². The molecule has 0 aliphatic rings. The standard InChI is InChI=1S/C12H13NO3/c1-7-6-11(15)16-10-3-2-9(13)8(4-5-14)12(7)10/h2-3,6,14H,4-5,13H2,1H3. The minimum absolute atomic E-state index is 0.0158. The van der Waals surface area contributed by atoms with Gasteiger partial charge >= 0.3 is 5.63 Å². The maximum absolute atomic E-state index is 11.2. The highest BCUT2D eigenvalue weighted by Crippen LogP contribution is 2.26. The third kappa shape index (κ3) is 1.67. The van der Waals surface area contributed by atoms with Gasteiger partial charge in [-0.3, -0.25) is 0 Å². The minimum atomic E-state index is -0.371. The van der Waals surface area contributed by atoms with E-state index in [1.165, 1.54) is 6.07 Å². The van der Waals surface area contributed by atoms with E-state index in [0.29, 0.717) is 17.7 Å². The van der Waals surface area contributed by atoms with E-state index in [1.54, 1.807) is 12.1 Å². The third-order valence-electron chi connectivity index (χ3n) is 2.61. The number of aryl methyl sites for hydroxylation is 1. The Balaban J connectivity index is 2.86. The van der Waals surface area contributed by atoms with Crippen molar-refractivity contribution >= 4 is 16.7 Å². The molecule has 4 nitrogen and oxygen atoms in total.